The molecular formula is C20H26N2O3. The van der Waals surface area contributed by atoms with Gasteiger partial charge in [-0.15, -0.1) is 0 Å². The molecule has 5 nitrogen and oxygen atoms in total. The predicted molar refractivity (Wildman–Crippen MR) is 98.9 cm³/mol. The van der Waals surface area contributed by atoms with Gasteiger partial charge < -0.3 is 20.1 Å². The minimum atomic E-state index is -0.190. The fraction of sp³-hybridized carbons (Fsp3) is 0.350. The molecule has 0 saturated heterocycles. The van der Waals surface area contributed by atoms with Crippen LogP contribution >= 0.6 is 0 Å². The van der Waals surface area contributed by atoms with E-state index in [9.17, 15) is 4.79 Å². The summed E-state index contributed by atoms with van der Waals surface area (Å²) in [7, 11) is 3.27. The van der Waals surface area contributed by atoms with E-state index in [1.54, 1.807) is 14.2 Å². The van der Waals surface area contributed by atoms with Crippen LogP contribution in [0.25, 0.3) is 0 Å². The minimum absolute atomic E-state index is 0.0678. The lowest BCUT2D eigenvalue weighted by molar-refractivity contribution is 0.232. The fourth-order valence-electron chi connectivity index (χ4n) is 2.56. The van der Waals surface area contributed by atoms with Crippen LogP contribution in [-0.4, -0.2) is 20.3 Å². The highest BCUT2D eigenvalue weighted by molar-refractivity contribution is 5.74. The largest absolute Gasteiger partial charge is 0.497 e. The predicted octanol–water partition coefficient (Wildman–Crippen LogP) is 3.90. The van der Waals surface area contributed by atoms with Crippen LogP contribution in [0, 0.1) is 5.92 Å². The fourth-order valence-corrected chi connectivity index (χ4v) is 2.56. The molecule has 2 aromatic rings. The standard InChI is InChI=1S/C20H26N2O3/c1-14(2)19(16-7-11-18(25-4)12-8-16)22-20(23)21-13-15-5-9-17(24-3)10-6-15/h5-12,14,19H,13H2,1-4H3,(H2,21,22,23). The molecule has 0 aliphatic heterocycles. The van der Waals surface area contributed by atoms with E-state index in [-0.39, 0.29) is 18.0 Å². The molecule has 134 valence electrons. The molecule has 5 heteroatoms. The molecule has 0 radical (unpaired) electrons. The Morgan fingerprint density at radius 2 is 1.44 bits per heavy atom. The molecule has 2 aromatic carbocycles. The summed E-state index contributed by atoms with van der Waals surface area (Å²) in [6.45, 7) is 4.63. The smallest absolute Gasteiger partial charge is 0.315 e. The number of amides is 2. The van der Waals surface area contributed by atoms with Crippen LogP contribution in [0.15, 0.2) is 48.5 Å². The molecule has 0 heterocycles. The summed E-state index contributed by atoms with van der Waals surface area (Å²) in [6.07, 6.45) is 0. The maximum atomic E-state index is 12.3. The van der Waals surface area contributed by atoms with Crippen LogP contribution in [0.2, 0.25) is 0 Å². The van der Waals surface area contributed by atoms with Crippen LogP contribution in [-0.2, 0) is 6.54 Å². The Balaban J connectivity index is 1.94. The van der Waals surface area contributed by atoms with Crippen molar-refractivity contribution < 1.29 is 14.3 Å². The van der Waals surface area contributed by atoms with Crippen LogP contribution in [0.5, 0.6) is 11.5 Å². The first-order chi connectivity index (χ1) is 12.0. The Bertz CT molecular complexity index is 666. The second-order valence-corrected chi connectivity index (χ2v) is 6.17. The minimum Gasteiger partial charge on any atom is -0.497 e. The van der Waals surface area contributed by atoms with Gasteiger partial charge in [-0.1, -0.05) is 38.1 Å². The highest BCUT2D eigenvalue weighted by Gasteiger charge is 2.18. The third kappa shape index (κ3) is 5.41. The lowest BCUT2D eigenvalue weighted by Gasteiger charge is -2.23. The first kappa shape index (κ1) is 18.6. The van der Waals surface area contributed by atoms with Crippen molar-refractivity contribution in [2.45, 2.75) is 26.4 Å². The number of carbonyl (C=O) groups is 1. The van der Waals surface area contributed by atoms with Gasteiger partial charge in [0.05, 0.1) is 20.3 Å². The molecular weight excluding hydrogens is 316 g/mol. The Kier molecular flexibility index (Phi) is 6.69. The molecule has 1 atom stereocenters. The average Bonchev–Trinajstić information content (AvgIpc) is 2.64. The molecule has 0 fully saturated rings. The molecule has 0 aromatic heterocycles. The molecule has 2 N–H and O–H groups in total. The number of ether oxygens (including phenoxy) is 2. The molecule has 2 rings (SSSR count). The second kappa shape index (κ2) is 8.97. The van der Waals surface area contributed by atoms with E-state index < -0.39 is 0 Å². The summed E-state index contributed by atoms with van der Waals surface area (Å²) in [5.74, 6) is 1.86. The third-order valence-electron chi connectivity index (χ3n) is 4.04. The molecule has 0 bridgehead atoms. The summed E-state index contributed by atoms with van der Waals surface area (Å²) < 4.78 is 10.3. The Morgan fingerprint density at radius 3 is 1.92 bits per heavy atom. The van der Waals surface area contributed by atoms with E-state index >= 15 is 0 Å². The van der Waals surface area contributed by atoms with E-state index in [1.807, 2.05) is 48.5 Å². The molecule has 0 aliphatic rings. The molecule has 1 unspecified atom stereocenters. The van der Waals surface area contributed by atoms with E-state index in [2.05, 4.69) is 24.5 Å². The summed E-state index contributed by atoms with van der Waals surface area (Å²) in [5.41, 5.74) is 2.07. The van der Waals surface area contributed by atoms with Crippen molar-refractivity contribution in [2.75, 3.05) is 14.2 Å². The Labute approximate surface area is 149 Å². The summed E-state index contributed by atoms with van der Waals surface area (Å²) in [4.78, 5) is 12.3. The average molecular weight is 342 g/mol. The number of rotatable bonds is 7. The van der Waals surface area contributed by atoms with Gasteiger partial charge in [-0.2, -0.15) is 0 Å². The van der Waals surface area contributed by atoms with Crippen LogP contribution in [0.1, 0.15) is 31.0 Å². The van der Waals surface area contributed by atoms with Gasteiger partial charge in [-0.05, 0) is 41.3 Å². The lowest BCUT2D eigenvalue weighted by atomic mass is 9.96. The molecule has 25 heavy (non-hydrogen) atoms. The summed E-state index contributed by atoms with van der Waals surface area (Å²) >= 11 is 0. The maximum Gasteiger partial charge on any atom is 0.315 e. The third-order valence-corrected chi connectivity index (χ3v) is 4.04. The summed E-state index contributed by atoms with van der Waals surface area (Å²) in [5, 5.41) is 5.95. The first-order valence-electron chi connectivity index (χ1n) is 8.34. The van der Waals surface area contributed by atoms with Crippen molar-refractivity contribution >= 4 is 6.03 Å². The van der Waals surface area contributed by atoms with Crippen molar-refractivity contribution in [1.29, 1.82) is 0 Å². The Morgan fingerprint density at radius 1 is 0.920 bits per heavy atom. The topological polar surface area (TPSA) is 59.6 Å². The van der Waals surface area contributed by atoms with E-state index in [0.717, 1.165) is 22.6 Å². The first-order valence-corrected chi connectivity index (χ1v) is 8.34. The van der Waals surface area contributed by atoms with Crippen LogP contribution in [0.4, 0.5) is 4.79 Å². The van der Waals surface area contributed by atoms with Crippen LogP contribution < -0.4 is 20.1 Å². The van der Waals surface area contributed by atoms with Gasteiger partial charge in [0, 0.05) is 6.54 Å². The van der Waals surface area contributed by atoms with Crippen molar-refractivity contribution in [2.24, 2.45) is 5.92 Å². The van der Waals surface area contributed by atoms with E-state index in [4.69, 9.17) is 9.47 Å². The van der Waals surface area contributed by atoms with Gasteiger partial charge in [0.15, 0.2) is 0 Å². The zero-order chi connectivity index (χ0) is 18.2. The van der Waals surface area contributed by atoms with Gasteiger partial charge in [-0.3, -0.25) is 0 Å². The molecule has 0 aliphatic carbocycles. The molecule has 2 amide bonds. The zero-order valence-electron chi connectivity index (χ0n) is 15.2. The van der Waals surface area contributed by atoms with E-state index in [0.29, 0.717) is 6.54 Å². The number of urea groups is 1. The normalized spacial score (nSPS) is 11.7. The second-order valence-electron chi connectivity index (χ2n) is 6.17. The SMILES string of the molecule is COc1ccc(CNC(=O)NC(c2ccc(OC)cc2)C(C)C)cc1. The monoisotopic (exact) mass is 342 g/mol. The van der Waals surface area contributed by atoms with Gasteiger partial charge in [0.1, 0.15) is 11.5 Å². The molecule has 0 spiro atoms. The van der Waals surface area contributed by atoms with Crippen molar-refractivity contribution in [3.8, 4) is 11.5 Å². The van der Waals surface area contributed by atoms with Gasteiger partial charge in [0.2, 0.25) is 0 Å². The van der Waals surface area contributed by atoms with Crippen LogP contribution in [0.3, 0.4) is 0 Å². The van der Waals surface area contributed by atoms with Gasteiger partial charge in [0.25, 0.3) is 0 Å². The Hall–Kier alpha value is -2.69. The highest BCUT2D eigenvalue weighted by atomic mass is 16.5. The number of methoxy groups -OCH3 is 2. The number of hydrogen-bond acceptors (Lipinski definition) is 3. The number of nitrogens with one attached hydrogen (secondary N) is 2. The zero-order valence-corrected chi connectivity index (χ0v) is 15.2. The van der Waals surface area contributed by atoms with Gasteiger partial charge in [-0.25, -0.2) is 4.79 Å². The quantitative estimate of drug-likeness (QED) is 0.802. The number of benzene rings is 2. The van der Waals surface area contributed by atoms with Crippen molar-refractivity contribution in [3.05, 3.63) is 59.7 Å². The van der Waals surface area contributed by atoms with Crippen molar-refractivity contribution in [3.63, 3.8) is 0 Å². The maximum absolute atomic E-state index is 12.3. The highest BCUT2D eigenvalue weighted by Crippen LogP contribution is 2.23. The summed E-state index contributed by atoms with van der Waals surface area (Å²) in [6, 6.07) is 15.1. The van der Waals surface area contributed by atoms with Gasteiger partial charge >= 0.3 is 6.03 Å². The number of hydrogen-bond donors (Lipinski definition) is 2. The lowest BCUT2D eigenvalue weighted by Crippen LogP contribution is -2.39. The van der Waals surface area contributed by atoms with E-state index in [1.165, 1.54) is 0 Å². The van der Waals surface area contributed by atoms with Crippen molar-refractivity contribution in [1.82, 2.24) is 10.6 Å². The molecule has 0 saturated carbocycles. The number of carbonyl (C=O) groups excluding carboxylic acids is 1.